The second-order valence-corrected chi connectivity index (χ2v) is 9.03. The van der Waals surface area contributed by atoms with Crippen LogP contribution in [0.5, 0.6) is 0 Å². The van der Waals surface area contributed by atoms with Gasteiger partial charge in [0.25, 0.3) is 5.91 Å². The zero-order valence-electron chi connectivity index (χ0n) is 14.2. The number of hydrogen-bond acceptors (Lipinski definition) is 9. The number of tetrazole rings is 1. The smallest absolute Gasteiger partial charge is 0.471 e. The van der Waals surface area contributed by atoms with Crippen molar-refractivity contribution >= 4 is 39.4 Å². The first kappa shape index (κ1) is 21.0. The van der Waals surface area contributed by atoms with Crippen molar-refractivity contribution in [2.45, 2.75) is 22.7 Å². The van der Waals surface area contributed by atoms with Gasteiger partial charge in [-0.25, -0.2) is 17.9 Å². The number of aliphatic carboxylic acids is 1. The van der Waals surface area contributed by atoms with Crippen LogP contribution in [0.3, 0.4) is 0 Å². The molecule has 0 radical (unpaired) electrons. The Labute approximate surface area is 164 Å². The van der Waals surface area contributed by atoms with Gasteiger partial charge in [0.05, 0.1) is 5.75 Å². The molecule has 12 nitrogen and oxygen atoms in total. The molecule has 0 aromatic carbocycles. The van der Waals surface area contributed by atoms with Gasteiger partial charge in [0, 0.05) is 12.8 Å². The molecule has 2 atom stereocenters. The molecule has 1 aromatic rings. The Bertz CT molecular complexity index is 1040. The predicted molar refractivity (Wildman–Crippen MR) is 86.6 cm³/mol. The highest BCUT2D eigenvalue weighted by atomic mass is 32.2. The number of halogens is 3. The second kappa shape index (κ2) is 6.97. The molecule has 2 N–H and O–H groups in total. The zero-order valence-corrected chi connectivity index (χ0v) is 15.9. The largest absolute Gasteiger partial charge is 0.477 e. The molecule has 0 aliphatic carbocycles. The lowest BCUT2D eigenvalue weighted by atomic mass is 10.0. The van der Waals surface area contributed by atoms with Crippen LogP contribution in [0.1, 0.15) is 0 Å². The molecule has 1 fully saturated rings. The Balaban J connectivity index is 1.91. The number of β-lactam (4-membered cyclic amide) rings is 1. The summed E-state index contributed by atoms with van der Waals surface area (Å²) in [6, 6.07) is -2.03. The molecule has 0 saturated carbocycles. The van der Waals surface area contributed by atoms with Crippen molar-refractivity contribution in [3.8, 4) is 0 Å². The minimum atomic E-state index is -5.34. The van der Waals surface area contributed by atoms with Gasteiger partial charge in [-0.2, -0.15) is 13.2 Å². The zero-order chi connectivity index (χ0) is 21.7. The van der Waals surface area contributed by atoms with Crippen LogP contribution in [0.4, 0.5) is 13.2 Å². The van der Waals surface area contributed by atoms with Crippen LogP contribution in [0.15, 0.2) is 16.4 Å². The summed E-state index contributed by atoms with van der Waals surface area (Å²) in [4.78, 5) is 35.4. The lowest BCUT2D eigenvalue weighted by molar-refractivity contribution is -0.177. The SMILES string of the molecule is Cn1nnnc1SCC1=C(C(=O)O)N2C(=O)C(NC(=O)C(F)(F)F)C2S(=O)(=O)C1. The molecule has 0 spiro atoms. The Kier molecular flexibility index (Phi) is 5.06. The summed E-state index contributed by atoms with van der Waals surface area (Å²) in [7, 11) is -2.79. The van der Waals surface area contributed by atoms with Gasteiger partial charge in [0.1, 0.15) is 11.7 Å². The quantitative estimate of drug-likeness (QED) is 0.385. The van der Waals surface area contributed by atoms with Crippen LogP contribution in [-0.4, -0.2) is 85.5 Å². The average molecular weight is 456 g/mol. The van der Waals surface area contributed by atoms with Crippen molar-refractivity contribution in [3.63, 3.8) is 0 Å². The molecular formula is C12H11F3N6O6S2. The third-order valence-electron chi connectivity index (χ3n) is 4.07. The van der Waals surface area contributed by atoms with Gasteiger partial charge in [-0.3, -0.25) is 14.5 Å². The maximum absolute atomic E-state index is 12.5. The van der Waals surface area contributed by atoms with E-state index < -0.39 is 56.7 Å². The van der Waals surface area contributed by atoms with E-state index in [2.05, 4.69) is 15.5 Å². The Morgan fingerprint density at radius 2 is 2.03 bits per heavy atom. The lowest BCUT2D eigenvalue weighted by Crippen LogP contribution is -2.75. The Hall–Kier alpha value is -2.69. The highest BCUT2D eigenvalue weighted by Gasteiger charge is 2.61. The van der Waals surface area contributed by atoms with E-state index in [-0.39, 0.29) is 16.5 Å². The fraction of sp³-hybridized carbons (Fsp3) is 0.500. The van der Waals surface area contributed by atoms with Crippen molar-refractivity contribution < 1.29 is 41.1 Å². The van der Waals surface area contributed by atoms with Gasteiger partial charge >= 0.3 is 18.1 Å². The van der Waals surface area contributed by atoms with Gasteiger partial charge < -0.3 is 10.4 Å². The van der Waals surface area contributed by atoms with Crippen molar-refractivity contribution in [3.05, 3.63) is 11.3 Å². The number of carbonyl (C=O) groups excluding carboxylic acids is 2. The molecule has 2 aliphatic heterocycles. The van der Waals surface area contributed by atoms with E-state index in [0.717, 1.165) is 11.8 Å². The number of nitrogens with one attached hydrogen (secondary N) is 1. The Morgan fingerprint density at radius 1 is 1.38 bits per heavy atom. The maximum atomic E-state index is 12.5. The number of carbonyl (C=O) groups is 3. The van der Waals surface area contributed by atoms with Crippen LogP contribution >= 0.6 is 11.8 Å². The molecule has 17 heteroatoms. The molecule has 158 valence electrons. The van der Waals surface area contributed by atoms with E-state index in [0.29, 0.717) is 4.90 Å². The molecule has 0 bridgehead atoms. The topological polar surface area (TPSA) is 164 Å². The monoisotopic (exact) mass is 456 g/mol. The lowest BCUT2D eigenvalue weighted by Gasteiger charge is -2.49. The number of aromatic nitrogens is 4. The standard InChI is InChI=1S/C12H11F3N6O6S2/c1-20-11(17-18-19-20)28-2-4-3-29(26,27)8-5(16-10(25)12(13,14)15)7(22)21(8)6(4)9(23)24/h5,8H,2-3H2,1H3,(H,16,25)(H,23,24). The molecule has 29 heavy (non-hydrogen) atoms. The number of carboxylic acids is 1. The van der Waals surface area contributed by atoms with Crippen LogP contribution in [0.25, 0.3) is 0 Å². The van der Waals surface area contributed by atoms with Crippen molar-refractivity contribution in [2.75, 3.05) is 11.5 Å². The van der Waals surface area contributed by atoms with Gasteiger partial charge in [0.2, 0.25) is 5.16 Å². The highest BCUT2D eigenvalue weighted by molar-refractivity contribution is 7.99. The van der Waals surface area contributed by atoms with Crippen molar-refractivity contribution in [1.82, 2.24) is 30.4 Å². The first-order valence-electron chi connectivity index (χ1n) is 7.57. The fourth-order valence-electron chi connectivity index (χ4n) is 2.85. The highest BCUT2D eigenvalue weighted by Crippen LogP contribution is 2.38. The fourth-order valence-corrected chi connectivity index (χ4v) is 5.87. The molecule has 1 saturated heterocycles. The van der Waals surface area contributed by atoms with Gasteiger partial charge in [-0.15, -0.1) is 5.10 Å². The van der Waals surface area contributed by atoms with Crippen molar-refractivity contribution in [2.24, 2.45) is 7.05 Å². The number of carboxylic acid groups (broad SMARTS) is 1. The van der Waals surface area contributed by atoms with Crippen LogP contribution in [0.2, 0.25) is 0 Å². The van der Waals surface area contributed by atoms with Crippen molar-refractivity contribution in [1.29, 1.82) is 0 Å². The normalized spacial score (nSPS) is 23.4. The first-order valence-corrected chi connectivity index (χ1v) is 10.3. The average Bonchev–Trinajstić information content (AvgIpc) is 3.00. The number of sulfone groups is 1. The maximum Gasteiger partial charge on any atom is 0.471 e. The van der Waals surface area contributed by atoms with E-state index in [1.807, 2.05) is 0 Å². The number of thioether (sulfide) groups is 1. The number of alkyl halides is 3. The summed E-state index contributed by atoms with van der Waals surface area (Å²) in [5.41, 5.74) is -0.814. The number of nitrogens with zero attached hydrogens (tertiary/aromatic N) is 5. The van der Waals surface area contributed by atoms with E-state index in [1.54, 1.807) is 0 Å². The summed E-state index contributed by atoms with van der Waals surface area (Å²) >= 11 is 0.910. The van der Waals surface area contributed by atoms with Crippen LogP contribution in [-0.2, 0) is 31.3 Å². The summed E-state index contributed by atoms with van der Waals surface area (Å²) in [5.74, 6) is -6.42. The van der Waals surface area contributed by atoms with Crippen LogP contribution < -0.4 is 5.32 Å². The summed E-state index contributed by atoms with van der Waals surface area (Å²) in [6.07, 6.45) is -5.34. The summed E-state index contributed by atoms with van der Waals surface area (Å²) in [5, 5.41) is 19.7. The van der Waals surface area contributed by atoms with E-state index in [1.165, 1.54) is 17.0 Å². The second-order valence-electron chi connectivity index (χ2n) is 5.99. The third-order valence-corrected chi connectivity index (χ3v) is 7.13. The van der Waals surface area contributed by atoms with E-state index in [9.17, 15) is 41.1 Å². The molecule has 1 aromatic heterocycles. The number of rotatable bonds is 5. The Morgan fingerprint density at radius 3 is 2.55 bits per heavy atom. The summed E-state index contributed by atoms with van der Waals surface area (Å²) in [6.45, 7) is 0. The molecule has 2 aliphatic rings. The third kappa shape index (κ3) is 3.66. The minimum Gasteiger partial charge on any atom is -0.477 e. The first-order chi connectivity index (χ1) is 13.3. The number of fused-ring (bicyclic) bond motifs is 1. The van der Waals surface area contributed by atoms with Crippen LogP contribution in [0, 0.1) is 0 Å². The van der Waals surface area contributed by atoms with Gasteiger partial charge in [-0.1, -0.05) is 11.8 Å². The van der Waals surface area contributed by atoms with E-state index >= 15 is 0 Å². The molecule has 3 rings (SSSR count). The number of aryl methyl sites for hydroxylation is 1. The molecule has 2 amide bonds. The molecule has 2 unspecified atom stereocenters. The molecular weight excluding hydrogens is 445 g/mol. The predicted octanol–water partition coefficient (Wildman–Crippen LogP) is -1.72. The van der Waals surface area contributed by atoms with E-state index in [4.69, 9.17) is 0 Å². The van der Waals surface area contributed by atoms with Gasteiger partial charge in [-0.05, 0) is 16.0 Å². The van der Waals surface area contributed by atoms with Gasteiger partial charge in [0.15, 0.2) is 15.2 Å². The minimum absolute atomic E-state index is 0.157. The summed E-state index contributed by atoms with van der Waals surface area (Å²) < 4.78 is 63.6. The molecule has 3 heterocycles. The number of amides is 2. The number of hydrogen-bond donors (Lipinski definition) is 2.